The molecule has 0 heterocycles. The first kappa shape index (κ1) is 15.1. The molecular formula is C18H20N2O. The van der Waals surface area contributed by atoms with Crippen molar-refractivity contribution < 1.29 is 4.74 Å². The highest BCUT2D eigenvalue weighted by Gasteiger charge is 2.22. The van der Waals surface area contributed by atoms with Crippen molar-refractivity contribution in [1.29, 1.82) is 5.26 Å². The lowest BCUT2D eigenvalue weighted by atomic mass is 9.96. The maximum Gasteiger partial charge on any atom is 0.139 e. The number of aryl methyl sites for hydroxylation is 1. The Labute approximate surface area is 126 Å². The molecule has 0 radical (unpaired) electrons. The first-order valence-electron chi connectivity index (χ1n) is 7.13. The maximum absolute atomic E-state index is 8.98. The van der Waals surface area contributed by atoms with Crippen LogP contribution in [0.4, 0.5) is 0 Å². The van der Waals surface area contributed by atoms with Crippen LogP contribution in [0.15, 0.2) is 48.5 Å². The first-order valence-corrected chi connectivity index (χ1v) is 7.13. The summed E-state index contributed by atoms with van der Waals surface area (Å²) in [6.45, 7) is 4.10. The number of rotatable bonds is 5. The Morgan fingerprint density at radius 1 is 1.19 bits per heavy atom. The molecule has 0 aromatic heterocycles. The highest BCUT2D eigenvalue weighted by Crippen LogP contribution is 2.28. The van der Waals surface area contributed by atoms with E-state index in [1.54, 1.807) is 12.1 Å². The predicted molar refractivity (Wildman–Crippen MR) is 84.0 cm³/mol. The molecule has 0 aliphatic heterocycles. The number of ether oxygens (including phenoxy) is 1. The smallest absolute Gasteiger partial charge is 0.139 e. The molecule has 0 bridgehead atoms. The molecule has 0 aliphatic carbocycles. The van der Waals surface area contributed by atoms with Gasteiger partial charge in [-0.05, 0) is 42.7 Å². The minimum absolute atomic E-state index is 0.100. The van der Waals surface area contributed by atoms with Crippen LogP contribution in [-0.2, 0) is 0 Å². The summed E-state index contributed by atoms with van der Waals surface area (Å²) in [5.74, 6) is 0.672. The molecule has 0 saturated heterocycles. The van der Waals surface area contributed by atoms with Crippen LogP contribution >= 0.6 is 0 Å². The van der Waals surface area contributed by atoms with Gasteiger partial charge >= 0.3 is 0 Å². The quantitative estimate of drug-likeness (QED) is 0.908. The van der Waals surface area contributed by atoms with Gasteiger partial charge in [0.25, 0.3) is 0 Å². The molecule has 0 saturated carbocycles. The third-order valence-corrected chi connectivity index (χ3v) is 3.58. The first-order chi connectivity index (χ1) is 10.2. The number of benzene rings is 2. The van der Waals surface area contributed by atoms with Gasteiger partial charge in [-0.2, -0.15) is 5.26 Å². The molecule has 2 atom stereocenters. The summed E-state index contributed by atoms with van der Waals surface area (Å²) in [6.07, 6.45) is 0.599. The van der Waals surface area contributed by atoms with Crippen molar-refractivity contribution in [2.75, 3.05) is 0 Å². The van der Waals surface area contributed by atoms with Gasteiger partial charge in [0.05, 0.1) is 11.6 Å². The van der Waals surface area contributed by atoms with Gasteiger partial charge in [-0.15, -0.1) is 0 Å². The Kier molecular flexibility index (Phi) is 4.97. The van der Waals surface area contributed by atoms with Crippen LogP contribution < -0.4 is 10.5 Å². The minimum atomic E-state index is -0.217. The summed E-state index contributed by atoms with van der Waals surface area (Å²) < 4.78 is 6.10. The van der Waals surface area contributed by atoms with Crippen molar-refractivity contribution in [3.8, 4) is 11.8 Å². The molecule has 0 fully saturated rings. The zero-order chi connectivity index (χ0) is 15.2. The van der Waals surface area contributed by atoms with Gasteiger partial charge in [0, 0.05) is 6.04 Å². The van der Waals surface area contributed by atoms with Gasteiger partial charge in [0.2, 0.25) is 0 Å². The van der Waals surface area contributed by atoms with E-state index >= 15 is 0 Å². The molecular weight excluding hydrogens is 260 g/mol. The van der Waals surface area contributed by atoms with Crippen LogP contribution in [0, 0.1) is 18.3 Å². The number of nitrogens with zero attached hydrogens (tertiary/aromatic N) is 1. The van der Waals surface area contributed by atoms with Crippen molar-refractivity contribution in [2.24, 2.45) is 5.73 Å². The highest BCUT2D eigenvalue weighted by atomic mass is 16.5. The summed E-state index contributed by atoms with van der Waals surface area (Å²) in [5.41, 5.74) is 9.08. The number of hydrogen-bond acceptors (Lipinski definition) is 3. The average Bonchev–Trinajstić information content (AvgIpc) is 2.53. The topological polar surface area (TPSA) is 59.0 Å². The van der Waals surface area contributed by atoms with E-state index in [2.05, 4.69) is 19.1 Å². The van der Waals surface area contributed by atoms with Crippen LogP contribution in [0.2, 0.25) is 0 Å². The third-order valence-electron chi connectivity index (χ3n) is 3.58. The second-order valence-electron chi connectivity index (χ2n) is 5.11. The molecule has 2 unspecified atom stereocenters. The van der Waals surface area contributed by atoms with Gasteiger partial charge in [-0.25, -0.2) is 0 Å². The number of nitriles is 1. The summed E-state index contributed by atoms with van der Waals surface area (Å²) in [6, 6.07) is 17.3. The number of nitrogens with two attached hydrogens (primary N) is 1. The average molecular weight is 280 g/mol. The summed E-state index contributed by atoms with van der Waals surface area (Å²) in [7, 11) is 0. The lowest BCUT2D eigenvalue weighted by Gasteiger charge is -2.26. The fraction of sp³-hybridized carbons (Fsp3) is 0.278. The van der Waals surface area contributed by atoms with Crippen LogP contribution in [0.3, 0.4) is 0 Å². The molecule has 2 aromatic rings. The Balaban J connectivity index is 2.33. The third kappa shape index (κ3) is 3.62. The lowest BCUT2D eigenvalue weighted by molar-refractivity contribution is 0.170. The fourth-order valence-corrected chi connectivity index (χ4v) is 2.29. The zero-order valence-corrected chi connectivity index (χ0v) is 12.4. The molecule has 2 N–H and O–H groups in total. The second-order valence-corrected chi connectivity index (χ2v) is 5.11. The van der Waals surface area contributed by atoms with Crippen molar-refractivity contribution in [2.45, 2.75) is 32.4 Å². The Morgan fingerprint density at radius 2 is 1.95 bits per heavy atom. The molecule has 21 heavy (non-hydrogen) atoms. The van der Waals surface area contributed by atoms with E-state index in [0.717, 1.165) is 17.5 Å². The predicted octanol–water partition coefficient (Wildman–Crippen LogP) is 3.72. The van der Waals surface area contributed by atoms with E-state index in [0.29, 0.717) is 11.3 Å². The zero-order valence-electron chi connectivity index (χ0n) is 12.4. The van der Waals surface area contributed by atoms with Gasteiger partial charge in [-0.1, -0.05) is 37.3 Å². The van der Waals surface area contributed by atoms with E-state index in [1.165, 1.54) is 0 Å². The summed E-state index contributed by atoms with van der Waals surface area (Å²) in [5, 5.41) is 8.98. The van der Waals surface area contributed by atoms with Gasteiger partial charge in [0.1, 0.15) is 11.9 Å². The molecule has 3 nitrogen and oxygen atoms in total. The molecule has 0 aliphatic rings. The Bertz CT molecular complexity index is 646. The van der Waals surface area contributed by atoms with Crippen molar-refractivity contribution in [3.63, 3.8) is 0 Å². The Hall–Kier alpha value is -2.31. The minimum Gasteiger partial charge on any atom is -0.484 e. The standard InChI is InChI=1S/C18H20N2O/c1-3-17(20)18(16-10-5-4-7-13(16)2)21-15-9-6-8-14(11-15)12-19/h4-11,17-18H,3,20H2,1-2H3. The molecule has 0 amide bonds. The SMILES string of the molecule is CCC(N)C(Oc1cccc(C#N)c1)c1ccccc1C. The van der Waals surface area contributed by atoms with Crippen molar-refractivity contribution in [3.05, 3.63) is 65.2 Å². The van der Waals surface area contributed by atoms with E-state index < -0.39 is 0 Å². The monoisotopic (exact) mass is 280 g/mol. The fourth-order valence-electron chi connectivity index (χ4n) is 2.29. The molecule has 2 aromatic carbocycles. The van der Waals surface area contributed by atoms with Crippen molar-refractivity contribution >= 4 is 0 Å². The van der Waals surface area contributed by atoms with Crippen molar-refractivity contribution in [1.82, 2.24) is 0 Å². The largest absolute Gasteiger partial charge is 0.484 e. The van der Waals surface area contributed by atoms with Crippen LogP contribution in [-0.4, -0.2) is 6.04 Å². The Morgan fingerprint density at radius 3 is 2.62 bits per heavy atom. The van der Waals surface area contributed by atoms with Crippen LogP contribution in [0.1, 0.15) is 36.1 Å². The van der Waals surface area contributed by atoms with Gasteiger partial charge in [0.15, 0.2) is 0 Å². The van der Waals surface area contributed by atoms with E-state index in [-0.39, 0.29) is 12.1 Å². The van der Waals surface area contributed by atoms with E-state index in [9.17, 15) is 0 Å². The molecule has 2 rings (SSSR count). The second kappa shape index (κ2) is 6.92. The normalized spacial score (nSPS) is 13.2. The van der Waals surface area contributed by atoms with Gasteiger partial charge < -0.3 is 10.5 Å². The lowest BCUT2D eigenvalue weighted by Crippen LogP contribution is -2.32. The molecule has 3 heteroatoms. The maximum atomic E-state index is 8.98. The van der Waals surface area contributed by atoms with E-state index in [1.807, 2.05) is 37.3 Å². The molecule has 108 valence electrons. The van der Waals surface area contributed by atoms with Crippen LogP contribution in [0.5, 0.6) is 5.75 Å². The summed E-state index contributed by atoms with van der Waals surface area (Å²) in [4.78, 5) is 0. The van der Waals surface area contributed by atoms with Crippen LogP contribution in [0.25, 0.3) is 0 Å². The highest BCUT2D eigenvalue weighted by molar-refractivity contribution is 5.37. The molecule has 0 spiro atoms. The summed E-state index contributed by atoms with van der Waals surface area (Å²) >= 11 is 0. The number of hydrogen-bond donors (Lipinski definition) is 1. The van der Waals surface area contributed by atoms with Gasteiger partial charge in [-0.3, -0.25) is 0 Å². The van der Waals surface area contributed by atoms with E-state index in [4.69, 9.17) is 15.7 Å².